The molecule has 1 atom stereocenters. The molecule has 0 aromatic heterocycles. The fourth-order valence-corrected chi connectivity index (χ4v) is 2.20. The van der Waals surface area contributed by atoms with Gasteiger partial charge in [-0.1, -0.05) is 0 Å². The van der Waals surface area contributed by atoms with Crippen molar-refractivity contribution in [2.75, 3.05) is 26.0 Å². The fourth-order valence-electron chi connectivity index (χ4n) is 1.66. The van der Waals surface area contributed by atoms with Crippen LogP contribution in [-0.4, -0.2) is 42.7 Å². The van der Waals surface area contributed by atoms with E-state index in [1.165, 1.54) is 0 Å². The van der Waals surface area contributed by atoms with E-state index in [-0.39, 0.29) is 5.56 Å². The predicted octanol–water partition coefficient (Wildman–Crippen LogP) is 2.51. The molecule has 0 saturated carbocycles. The molecular weight excluding hydrogens is 284 g/mol. The zero-order chi connectivity index (χ0) is 13.0. The molecule has 0 fully saturated rings. The molecule has 2 N–H and O–H groups in total. The lowest BCUT2D eigenvalue weighted by Gasteiger charge is -2.19. The van der Waals surface area contributed by atoms with Gasteiger partial charge >= 0.3 is 5.97 Å². The highest BCUT2D eigenvalue weighted by Gasteiger charge is 2.09. The van der Waals surface area contributed by atoms with E-state index in [9.17, 15) is 4.79 Å². The Morgan fingerprint density at radius 1 is 1.53 bits per heavy atom. The smallest absolute Gasteiger partial charge is 0.336 e. The van der Waals surface area contributed by atoms with Gasteiger partial charge < -0.3 is 15.3 Å². The lowest BCUT2D eigenvalue weighted by molar-refractivity contribution is 0.0696. The summed E-state index contributed by atoms with van der Waals surface area (Å²) < 4.78 is 0.590. The summed E-state index contributed by atoms with van der Waals surface area (Å²) >= 11 is 3.26. The largest absolute Gasteiger partial charge is 0.478 e. The minimum atomic E-state index is -0.926. The van der Waals surface area contributed by atoms with E-state index >= 15 is 0 Å². The molecule has 1 rings (SSSR count). The number of hydrogen-bond donors (Lipinski definition) is 2. The average Bonchev–Trinajstić information content (AvgIpc) is 2.15. The van der Waals surface area contributed by atoms with Gasteiger partial charge in [0.2, 0.25) is 0 Å². The molecule has 0 amide bonds. The van der Waals surface area contributed by atoms with E-state index in [1.807, 2.05) is 14.1 Å². The number of hydrogen-bond acceptors (Lipinski definition) is 3. The second kappa shape index (κ2) is 6.02. The van der Waals surface area contributed by atoms with Crippen LogP contribution in [0.4, 0.5) is 5.69 Å². The van der Waals surface area contributed by atoms with Gasteiger partial charge in [-0.05, 0) is 55.1 Å². The number of nitrogens with zero attached hydrogens (tertiary/aromatic N) is 1. The minimum Gasteiger partial charge on any atom is -0.478 e. The molecular formula is C12H17BrN2O2. The summed E-state index contributed by atoms with van der Waals surface area (Å²) in [6, 6.07) is 5.46. The maximum Gasteiger partial charge on any atom is 0.336 e. The Morgan fingerprint density at radius 2 is 2.18 bits per heavy atom. The molecule has 94 valence electrons. The Hall–Kier alpha value is -1.07. The molecule has 0 spiro atoms. The van der Waals surface area contributed by atoms with Gasteiger partial charge in [-0.2, -0.15) is 0 Å². The third-order valence-corrected chi connectivity index (χ3v) is 2.91. The molecule has 0 radical (unpaired) electrons. The zero-order valence-electron chi connectivity index (χ0n) is 10.2. The Bertz CT molecular complexity index is 407. The lowest BCUT2D eigenvalue weighted by Crippen LogP contribution is -2.29. The topological polar surface area (TPSA) is 52.6 Å². The number of likely N-dealkylation sites (N-methyl/N-ethyl adjacent to an activating group) is 1. The fraction of sp³-hybridized carbons (Fsp3) is 0.417. The van der Waals surface area contributed by atoms with Gasteiger partial charge in [0.1, 0.15) is 0 Å². The average molecular weight is 301 g/mol. The Kier molecular flexibility index (Phi) is 4.96. The van der Waals surface area contributed by atoms with Crippen LogP contribution in [0.2, 0.25) is 0 Å². The zero-order valence-corrected chi connectivity index (χ0v) is 11.8. The van der Waals surface area contributed by atoms with Crippen LogP contribution in [0, 0.1) is 0 Å². The third kappa shape index (κ3) is 4.36. The van der Waals surface area contributed by atoms with Crippen molar-refractivity contribution in [2.45, 2.75) is 13.0 Å². The number of carboxylic acids is 1. The quantitative estimate of drug-likeness (QED) is 0.877. The number of carbonyl (C=O) groups is 1. The van der Waals surface area contributed by atoms with Crippen molar-refractivity contribution < 1.29 is 9.90 Å². The highest BCUT2D eigenvalue weighted by Crippen LogP contribution is 2.22. The van der Waals surface area contributed by atoms with Crippen LogP contribution in [0.5, 0.6) is 0 Å². The van der Waals surface area contributed by atoms with Crippen molar-refractivity contribution in [3.63, 3.8) is 0 Å². The van der Waals surface area contributed by atoms with Gasteiger partial charge in [0.05, 0.1) is 5.56 Å². The van der Waals surface area contributed by atoms with Gasteiger partial charge in [0, 0.05) is 22.7 Å². The molecule has 1 aromatic carbocycles. The summed E-state index contributed by atoms with van der Waals surface area (Å²) in [5.41, 5.74) is 1.19. The van der Waals surface area contributed by atoms with Crippen molar-refractivity contribution >= 4 is 27.6 Å². The predicted molar refractivity (Wildman–Crippen MR) is 72.7 cm³/mol. The first-order valence-corrected chi connectivity index (χ1v) is 6.13. The van der Waals surface area contributed by atoms with Crippen LogP contribution in [-0.2, 0) is 0 Å². The maximum absolute atomic E-state index is 10.8. The molecule has 0 heterocycles. The van der Waals surface area contributed by atoms with Crippen LogP contribution in [0.25, 0.3) is 0 Å². The summed E-state index contributed by atoms with van der Waals surface area (Å²) in [7, 11) is 4.03. The third-order valence-electron chi connectivity index (χ3n) is 2.25. The summed E-state index contributed by atoms with van der Waals surface area (Å²) in [4.78, 5) is 12.9. The van der Waals surface area contributed by atoms with Gasteiger partial charge in [0.15, 0.2) is 0 Å². The standard InChI is InChI=1S/C12H17BrN2O2/c1-8(7-15(2)3)14-9-4-5-10(12(16)17)11(13)6-9/h4-6,8,14H,7H2,1-3H3,(H,16,17). The number of nitrogens with one attached hydrogen (secondary N) is 1. The van der Waals surface area contributed by atoms with E-state index in [1.54, 1.807) is 18.2 Å². The molecule has 4 nitrogen and oxygen atoms in total. The highest BCUT2D eigenvalue weighted by molar-refractivity contribution is 9.10. The van der Waals surface area contributed by atoms with Crippen LogP contribution >= 0.6 is 15.9 Å². The summed E-state index contributed by atoms with van der Waals surface area (Å²) in [6.07, 6.45) is 0. The number of halogens is 1. The first kappa shape index (κ1) is 14.0. The molecule has 0 aliphatic carbocycles. The molecule has 0 saturated heterocycles. The number of carboxylic acid groups (broad SMARTS) is 1. The van der Waals surface area contributed by atoms with Crippen LogP contribution in [0.3, 0.4) is 0 Å². The molecule has 17 heavy (non-hydrogen) atoms. The molecule has 1 aromatic rings. The molecule has 0 bridgehead atoms. The van der Waals surface area contributed by atoms with E-state index in [4.69, 9.17) is 5.11 Å². The molecule has 5 heteroatoms. The van der Waals surface area contributed by atoms with Gasteiger partial charge in [-0.15, -0.1) is 0 Å². The van der Waals surface area contributed by atoms with Gasteiger partial charge in [-0.25, -0.2) is 4.79 Å². The molecule has 0 aliphatic rings. The van der Waals surface area contributed by atoms with Gasteiger partial charge in [-0.3, -0.25) is 0 Å². The molecule has 1 unspecified atom stereocenters. The van der Waals surface area contributed by atoms with Gasteiger partial charge in [0.25, 0.3) is 0 Å². The van der Waals surface area contributed by atoms with Crippen molar-refractivity contribution in [3.8, 4) is 0 Å². The van der Waals surface area contributed by atoms with Crippen LogP contribution in [0.1, 0.15) is 17.3 Å². The SMILES string of the molecule is CC(CN(C)C)Nc1ccc(C(=O)O)c(Br)c1. The van der Waals surface area contributed by atoms with Crippen molar-refractivity contribution in [1.29, 1.82) is 0 Å². The Morgan fingerprint density at radius 3 is 2.65 bits per heavy atom. The van der Waals surface area contributed by atoms with Crippen LogP contribution < -0.4 is 5.32 Å². The Balaban J connectivity index is 2.74. The van der Waals surface area contributed by atoms with E-state index < -0.39 is 5.97 Å². The monoisotopic (exact) mass is 300 g/mol. The van der Waals surface area contributed by atoms with Crippen LogP contribution in [0.15, 0.2) is 22.7 Å². The van der Waals surface area contributed by atoms with E-state index in [0.29, 0.717) is 10.5 Å². The summed E-state index contributed by atoms with van der Waals surface area (Å²) in [5, 5.41) is 12.2. The first-order valence-electron chi connectivity index (χ1n) is 5.34. The molecule has 0 aliphatic heterocycles. The van der Waals surface area contributed by atoms with E-state index in [2.05, 4.69) is 33.1 Å². The maximum atomic E-state index is 10.8. The summed E-state index contributed by atoms with van der Waals surface area (Å²) in [6.45, 7) is 3.00. The Labute approximate surface area is 110 Å². The van der Waals surface area contributed by atoms with E-state index in [0.717, 1.165) is 12.2 Å². The lowest BCUT2D eigenvalue weighted by atomic mass is 10.2. The van der Waals surface area contributed by atoms with Crippen molar-refractivity contribution in [2.24, 2.45) is 0 Å². The number of benzene rings is 1. The number of anilines is 1. The minimum absolute atomic E-state index is 0.274. The first-order chi connectivity index (χ1) is 7.90. The second-order valence-corrected chi connectivity index (χ2v) is 5.16. The van der Waals surface area contributed by atoms with Crippen molar-refractivity contribution in [3.05, 3.63) is 28.2 Å². The number of rotatable bonds is 5. The number of aromatic carboxylic acids is 1. The second-order valence-electron chi connectivity index (χ2n) is 4.31. The normalized spacial score (nSPS) is 12.5. The highest BCUT2D eigenvalue weighted by atomic mass is 79.9. The summed E-state index contributed by atoms with van der Waals surface area (Å²) in [5.74, 6) is -0.926. The van der Waals surface area contributed by atoms with Crippen molar-refractivity contribution in [1.82, 2.24) is 4.90 Å².